The van der Waals surface area contributed by atoms with Crippen LogP contribution >= 0.6 is 23.2 Å². The van der Waals surface area contributed by atoms with Crippen LogP contribution in [-0.2, 0) is 11.8 Å². The summed E-state index contributed by atoms with van der Waals surface area (Å²) in [5, 5.41) is 18.9. The van der Waals surface area contributed by atoms with Gasteiger partial charge in [-0.25, -0.2) is 0 Å². The fourth-order valence-electron chi connectivity index (χ4n) is 1.20. The van der Waals surface area contributed by atoms with Gasteiger partial charge in [-0.1, -0.05) is 0 Å². The summed E-state index contributed by atoms with van der Waals surface area (Å²) in [6, 6.07) is 3.40. The smallest absolute Gasteiger partial charge is 0.0871 e. The number of hydrogen-bond acceptors (Lipinski definition) is 2. The van der Waals surface area contributed by atoms with Crippen LogP contribution in [-0.4, -0.2) is 10.2 Å². The van der Waals surface area contributed by atoms with Gasteiger partial charge in [0.15, 0.2) is 0 Å². The van der Waals surface area contributed by atoms with Crippen molar-refractivity contribution in [3.63, 3.8) is 0 Å². The molecular formula is C10H10Cl2O2. The summed E-state index contributed by atoms with van der Waals surface area (Å²) in [7, 11) is 0. The zero-order valence-corrected chi connectivity index (χ0v) is 8.89. The first-order valence-electron chi connectivity index (χ1n) is 3.99. The molecule has 0 saturated heterocycles. The Morgan fingerprint density at radius 1 is 0.929 bits per heavy atom. The molecule has 0 amide bonds. The molecule has 0 aliphatic carbocycles. The molecule has 0 radical (unpaired) electrons. The maximum Gasteiger partial charge on any atom is 0.0871 e. The Kier molecular flexibility index (Phi) is 4.11. The van der Waals surface area contributed by atoms with Crippen LogP contribution in [0.15, 0.2) is 12.1 Å². The van der Waals surface area contributed by atoms with E-state index >= 15 is 0 Å². The van der Waals surface area contributed by atoms with Crippen LogP contribution in [0, 0.1) is 0 Å². The van der Waals surface area contributed by atoms with E-state index in [0.717, 1.165) is 23.7 Å². The second kappa shape index (κ2) is 5.13. The van der Waals surface area contributed by atoms with E-state index in [0.29, 0.717) is 22.2 Å². The van der Waals surface area contributed by atoms with Gasteiger partial charge in [0, 0.05) is 22.2 Å². The summed E-state index contributed by atoms with van der Waals surface area (Å²) >= 11 is 11.4. The molecule has 0 aliphatic heterocycles. The minimum atomic E-state index is 0.328. The van der Waals surface area contributed by atoms with Gasteiger partial charge in [0.05, 0.1) is 12.5 Å². The molecule has 1 rings (SSSR count). The molecule has 1 aromatic rings. The average molecular weight is 233 g/mol. The highest BCUT2D eigenvalue weighted by Crippen LogP contribution is 2.09. The largest absolute Gasteiger partial charge is 0.515 e. The number of aliphatic hydroxyl groups is 2. The summed E-state index contributed by atoms with van der Waals surface area (Å²) in [5.74, 6) is 0.656. The van der Waals surface area contributed by atoms with Crippen LogP contribution < -0.4 is 10.4 Å². The Labute approximate surface area is 91.7 Å². The molecule has 0 aliphatic rings. The number of alkyl halides is 2. The van der Waals surface area contributed by atoms with E-state index < -0.39 is 0 Å². The quantitative estimate of drug-likeness (QED) is 0.764. The van der Waals surface area contributed by atoms with Gasteiger partial charge in [0.25, 0.3) is 0 Å². The summed E-state index contributed by atoms with van der Waals surface area (Å²) in [6.07, 6.45) is 1.85. The minimum absolute atomic E-state index is 0.328. The normalized spacial score (nSPS) is 13.6. The first kappa shape index (κ1) is 11.2. The van der Waals surface area contributed by atoms with Gasteiger partial charge in [-0.2, -0.15) is 0 Å². The van der Waals surface area contributed by atoms with E-state index in [1.54, 1.807) is 12.1 Å². The standard InChI is InChI=1S/C10H10Cl2O2/c11-3-7-1-9(5-13)10(6-14)2-8(7)4-12/h1-2,5-6,13-14H,3-4H2. The fourth-order valence-corrected chi connectivity index (χ4v) is 1.70. The van der Waals surface area contributed by atoms with Gasteiger partial charge in [-0.3, -0.25) is 0 Å². The highest BCUT2D eigenvalue weighted by Gasteiger charge is 2.01. The van der Waals surface area contributed by atoms with Crippen molar-refractivity contribution in [1.29, 1.82) is 0 Å². The monoisotopic (exact) mass is 232 g/mol. The third-order valence-corrected chi connectivity index (χ3v) is 2.55. The first-order chi connectivity index (χ1) is 6.76. The van der Waals surface area contributed by atoms with E-state index in [4.69, 9.17) is 33.4 Å². The summed E-state index contributed by atoms with van der Waals surface area (Å²) < 4.78 is 0. The highest BCUT2D eigenvalue weighted by molar-refractivity contribution is 6.18. The lowest BCUT2D eigenvalue weighted by molar-refractivity contribution is 0.533. The molecule has 2 nitrogen and oxygen atoms in total. The summed E-state index contributed by atoms with van der Waals surface area (Å²) in [4.78, 5) is 0. The molecule has 0 aromatic heterocycles. The Bertz CT molecular complexity index is 385. The molecule has 0 spiro atoms. The van der Waals surface area contributed by atoms with E-state index in [9.17, 15) is 0 Å². The first-order valence-corrected chi connectivity index (χ1v) is 5.06. The SMILES string of the molecule is OC=c1cc(CCl)c(CCl)cc1=CO. The Morgan fingerprint density at radius 2 is 1.29 bits per heavy atom. The number of aliphatic hydroxyl groups excluding tert-OH is 2. The highest BCUT2D eigenvalue weighted by atomic mass is 35.5. The summed E-state index contributed by atoms with van der Waals surface area (Å²) in [5.41, 5.74) is 1.71. The third kappa shape index (κ3) is 2.14. The maximum absolute atomic E-state index is 8.90. The van der Waals surface area contributed by atoms with E-state index in [2.05, 4.69) is 0 Å². The van der Waals surface area contributed by atoms with Crippen LogP contribution in [0.2, 0.25) is 0 Å². The van der Waals surface area contributed by atoms with Crippen molar-refractivity contribution >= 4 is 35.7 Å². The number of rotatable bonds is 2. The van der Waals surface area contributed by atoms with Crippen molar-refractivity contribution in [2.24, 2.45) is 0 Å². The van der Waals surface area contributed by atoms with Crippen molar-refractivity contribution < 1.29 is 10.2 Å². The van der Waals surface area contributed by atoms with Crippen LogP contribution in [0.1, 0.15) is 11.1 Å². The van der Waals surface area contributed by atoms with E-state index in [1.165, 1.54) is 0 Å². The van der Waals surface area contributed by atoms with Crippen LogP contribution in [0.4, 0.5) is 0 Å². The average Bonchev–Trinajstić information content (AvgIpc) is 2.26. The molecule has 0 fully saturated rings. The molecule has 14 heavy (non-hydrogen) atoms. The van der Waals surface area contributed by atoms with Gasteiger partial charge >= 0.3 is 0 Å². The zero-order chi connectivity index (χ0) is 10.6. The van der Waals surface area contributed by atoms with Crippen molar-refractivity contribution in [2.75, 3.05) is 0 Å². The molecule has 1 aromatic carbocycles. The second-order valence-corrected chi connectivity index (χ2v) is 3.31. The second-order valence-electron chi connectivity index (χ2n) is 2.78. The van der Waals surface area contributed by atoms with Crippen LogP contribution in [0.5, 0.6) is 0 Å². The van der Waals surface area contributed by atoms with Gasteiger partial charge in [-0.15, -0.1) is 23.2 Å². The predicted molar refractivity (Wildman–Crippen MR) is 59.0 cm³/mol. The lowest BCUT2D eigenvalue weighted by atomic mass is 10.1. The van der Waals surface area contributed by atoms with Gasteiger partial charge in [-0.05, 0) is 23.3 Å². The minimum Gasteiger partial charge on any atom is -0.515 e. The molecule has 0 bridgehead atoms. The van der Waals surface area contributed by atoms with Crippen molar-refractivity contribution in [3.05, 3.63) is 33.7 Å². The van der Waals surface area contributed by atoms with Crippen molar-refractivity contribution in [1.82, 2.24) is 0 Å². The Balaban J connectivity index is 3.53. The molecule has 0 atom stereocenters. The molecular weight excluding hydrogens is 223 g/mol. The summed E-state index contributed by atoms with van der Waals surface area (Å²) in [6.45, 7) is 0. The molecule has 0 heterocycles. The lowest BCUT2D eigenvalue weighted by Gasteiger charge is -2.03. The molecule has 76 valence electrons. The molecule has 4 heteroatoms. The van der Waals surface area contributed by atoms with Crippen LogP contribution in [0.3, 0.4) is 0 Å². The van der Waals surface area contributed by atoms with Crippen LogP contribution in [0.25, 0.3) is 12.5 Å². The maximum atomic E-state index is 8.90. The van der Waals surface area contributed by atoms with E-state index in [-0.39, 0.29) is 0 Å². The zero-order valence-electron chi connectivity index (χ0n) is 7.37. The number of hydrogen-bond donors (Lipinski definition) is 2. The Morgan fingerprint density at radius 3 is 1.50 bits per heavy atom. The fraction of sp³-hybridized carbons (Fsp3) is 0.200. The van der Waals surface area contributed by atoms with Crippen molar-refractivity contribution in [2.45, 2.75) is 11.8 Å². The molecule has 0 saturated carbocycles. The van der Waals surface area contributed by atoms with Gasteiger partial charge in [0.2, 0.25) is 0 Å². The lowest BCUT2D eigenvalue weighted by Crippen LogP contribution is -2.26. The topological polar surface area (TPSA) is 40.5 Å². The number of halogens is 2. The van der Waals surface area contributed by atoms with Gasteiger partial charge in [0.1, 0.15) is 0 Å². The number of benzene rings is 1. The molecule has 0 unspecified atom stereocenters. The van der Waals surface area contributed by atoms with Crippen molar-refractivity contribution in [3.8, 4) is 0 Å². The molecule has 2 N–H and O–H groups in total. The third-order valence-electron chi connectivity index (χ3n) is 1.97. The van der Waals surface area contributed by atoms with Gasteiger partial charge < -0.3 is 10.2 Å². The Hall–Kier alpha value is -0.860. The van der Waals surface area contributed by atoms with E-state index in [1.807, 2.05) is 0 Å². The predicted octanol–water partition coefficient (Wildman–Crippen LogP) is 1.76.